The molecular weight excluding hydrogens is 236 g/mol. The molecule has 92 valence electrons. The van der Waals surface area contributed by atoms with E-state index in [-0.39, 0.29) is 0 Å². The third-order valence-electron chi connectivity index (χ3n) is 4.03. The molecular formula is C13H17ClN2O. The van der Waals surface area contributed by atoms with Crippen LogP contribution in [0.2, 0.25) is 5.15 Å². The van der Waals surface area contributed by atoms with Crippen molar-refractivity contribution in [3.8, 4) is 5.88 Å². The number of halogens is 1. The van der Waals surface area contributed by atoms with Crippen LogP contribution < -0.4 is 4.74 Å². The Morgan fingerprint density at radius 3 is 2.65 bits per heavy atom. The smallest absolute Gasteiger partial charge is 0.214 e. The fourth-order valence-corrected chi connectivity index (χ4v) is 3.24. The summed E-state index contributed by atoms with van der Waals surface area (Å²) >= 11 is 5.86. The van der Waals surface area contributed by atoms with Crippen molar-refractivity contribution in [1.82, 2.24) is 9.88 Å². The first-order valence-corrected chi connectivity index (χ1v) is 6.61. The first-order valence-electron chi connectivity index (χ1n) is 6.23. The van der Waals surface area contributed by atoms with E-state index >= 15 is 0 Å². The lowest BCUT2D eigenvalue weighted by atomic mass is 10.0. The molecule has 3 nitrogen and oxygen atoms in total. The largest absolute Gasteiger partial charge is 0.474 e. The molecule has 3 atom stereocenters. The van der Waals surface area contributed by atoms with Crippen LogP contribution in [0.15, 0.2) is 18.2 Å². The predicted molar refractivity (Wildman–Crippen MR) is 67.5 cm³/mol. The second-order valence-electron chi connectivity index (χ2n) is 5.06. The fourth-order valence-electron chi connectivity index (χ4n) is 3.08. The summed E-state index contributed by atoms with van der Waals surface area (Å²) in [6.45, 7) is 0. The van der Waals surface area contributed by atoms with Gasteiger partial charge in [0.1, 0.15) is 11.3 Å². The molecule has 0 aromatic carbocycles. The lowest BCUT2D eigenvalue weighted by molar-refractivity contribution is 0.0633. The Morgan fingerprint density at radius 1 is 1.29 bits per heavy atom. The second kappa shape index (κ2) is 4.46. The molecule has 1 aromatic heterocycles. The summed E-state index contributed by atoms with van der Waals surface area (Å²) in [5, 5.41) is 0.499. The zero-order chi connectivity index (χ0) is 11.8. The van der Waals surface area contributed by atoms with Crippen molar-refractivity contribution in [2.24, 2.45) is 0 Å². The second-order valence-corrected chi connectivity index (χ2v) is 5.45. The molecule has 17 heavy (non-hydrogen) atoms. The number of aromatic nitrogens is 1. The van der Waals surface area contributed by atoms with Crippen molar-refractivity contribution in [2.45, 2.75) is 43.9 Å². The Bertz CT molecular complexity index is 398. The third-order valence-corrected chi connectivity index (χ3v) is 4.24. The summed E-state index contributed by atoms with van der Waals surface area (Å²) < 4.78 is 5.94. The minimum Gasteiger partial charge on any atom is -0.474 e. The van der Waals surface area contributed by atoms with Gasteiger partial charge in [-0.3, -0.25) is 0 Å². The first kappa shape index (κ1) is 11.3. The molecule has 4 heteroatoms. The molecule has 2 aliphatic heterocycles. The molecule has 0 spiro atoms. The van der Waals surface area contributed by atoms with Crippen molar-refractivity contribution >= 4 is 11.6 Å². The fraction of sp³-hybridized carbons (Fsp3) is 0.615. The van der Waals surface area contributed by atoms with Gasteiger partial charge in [-0.15, -0.1) is 0 Å². The van der Waals surface area contributed by atoms with Crippen LogP contribution in [0.25, 0.3) is 0 Å². The van der Waals surface area contributed by atoms with Crippen LogP contribution in [0, 0.1) is 0 Å². The summed E-state index contributed by atoms with van der Waals surface area (Å²) in [6.07, 6.45) is 5.14. The van der Waals surface area contributed by atoms with Gasteiger partial charge >= 0.3 is 0 Å². The topological polar surface area (TPSA) is 25.4 Å². The molecule has 0 N–H and O–H groups in total. The number of rotatable bonds is 2. The SMILES string of the molecule is CN1[C@@H]2CC[C@H]1C[C@H](Oc1cccc(Cl)n1)C2. The van der Waals surface area contributed by atoms with Crippen LogP contribution in [0.5, 0.6) is 5.88 Å². The average Bonchev–Trinajstić information content (AvgIpc) is 2.52. The highest BCUT2D eigenvalue weighted by Crippen LogP contribution is 2.35. The summed E-state index contributed by atoms with van der Waals surface area (Å²) in [5.41, 5.74) is 0. The highest BCUT2D eigenvalue weighted by atomic mass is 35.5. The van der Waals surface area contributed by atoms with Gasteiger partial charge in [-0.2, -0.15) is 0 Å². The maximum absolute atomic E-state index is 5.94. The molecule has 2 aliphatic rings. The van der Waals surface area contributed by atoms with E-state index in [1.54, 1.807) is 6.07 Å². The van der Waals surface area contributed by atoms with Crippen molar-refractivity contribution < 1.29 is 4.74 Å². The summed E-state index contributed by atoms with van der Waals surface area (Å²) in [4.78, 5) is 6.69. The Balaban J connectivity index is 1.67. The van der Waals surface area contributed by atoms with Gasteiger partial charge in [0, 0.05) is 18.2 Å². The third kappa shape index (κ3) is 2.26. The van der Waals surface area contributed by atoms with E-state index < -0.39 is 0 Å². The maximum Gasteiger partial charge on any atom is 0.214 e. The van der Waals surface area contributed by atoms with Crippen molar-refractivity contribution in [2.75, 3.05) is 7.05 Å². The number of nitrogens with zero attached hydrogens (tertiary/aromatic N) is 2. The molecule has 2 fully saturated rings. The van der Waals surface area contributed by atoms with Crippen LogP contribution in [0.1, 0.15) is 25.7 Å². The van der Waals surface area contributed by atoms with Crippen molar-refractivity contribution in [3.63, 3.8) is 0 Å². The van der Waals surface area contributed by atoms with E-state index in [1.807, 2.05) is 12.1 Å². The monoisotopic (exact) mass is 252 g/mol. The van der Waals surface area contributed by atoms with Crippen molar-refractivity contribution in [3.05, 3.63) is 23.4 Å². The molecule has 1 aromatic rings. The number of piperidine rings is 1. The number of fused-ring (bicyclic) bond motifs is 2. The molecule has 2 saturated heterocycles. The van der Waals surface area contributed by atoms with E-state index in [9.17, 15) is 0 Å². The summed E-state index contributed by atoms with van der Waals surface area (Å²) in [6, 6.07) is 6.92. The Hall–Kier alpha value is -0.800. The van der Waals surface area contributed by atoms with Gasteiger partial charge in [-0.25, -0.2) is 4.98 Å². The highest BCUT2D eigenvalue weighted by Gasteiger charge is 2.39. The van der Waals surface area contributed by atoms with Crippen LogP contribution in [0.3, 0.4) is 0 Å². The lowest BCUT2D eigenvalue weighted by Crippen LogP contribution is -2.43. The van der Waals surface area contributed by atoms with Gasteiger partial charge in [0.2, 0.25) is 5.88 Å². The maximum atomic E-state index is 5.94. The minimum atomic E-state index is 0.301. The van der Waals surface area contributed by atoms with Gasteiger partial charge < -0.3 is 9.64 Å². The molecule has 2 bridgehead atoms. The quantitative estimate of drug-likeness (QED) is 0.757. The van der Waals surface area contributed by atoms with E-state index in [0.717, 1.165) is 12.8 Å². The normalized spacial score (nSPS) is 32.7. The van der Waals surface area contributed by atoms with Gasteiger partial charge in [0.15, 0.2) is 0 Å². The van der Waals surface area contributed by atoms with Crippen molar-refractivity contribution in [1.29, 1.82) is 0 Å². The number of ether oxygens (including phenoxy) is 1. The van der Waals surface area contributed by atoms with E-state index in [4.69, 9.17) is 16.3 Å². The molecule has 0 aliphatic carbocycles. The summed E-state index contributed by atoms with van der Waals surface area (Å²) in [7, 11) is 2.23. The molecule has 0 amide bonds. The van der Waals surface area contributed by atoms with Crippen LogP contribution in [-0.2, 0) is 0 Å². The van der Waals surface area contributed by atoms with E-state index in [2.05, 4.69) is 16.9 Å². The molecule has 0 unspecified atom stereocenters. The highest BCUT2D eigenvalue weighted by molar-refractivity contribution is 6.29. The Labute approximate surface area is 107 Å². The van der Waals surface area contributed by atoms with Gasteiger partial charge in [-0.05, 0) is 38.8 Å². The van der Waals surface area contributed by atoms with E-state index in [1.165, 1.54) is 12.8 Å². The molecule has 0 saturated carbocycles. The molecule has 3 heterocycles. The van der Waals surface area contributed by atoms with E-state index in [0.29, 0.717) is 29.2 Å². The minimum absolute atomic E-state index is 0.301. The Morgan fingerprint density at radius 2 is 2.00 bits per heavy atom. The number of hydrogen-bond donors (Lipinski definition) is 0. The summed E-state index contributed by atoms with van der Waals surface area (Å²) in [5.74, 6) is 0.659. The van der Waals surface area contributed by atoms with Gasteiger partial charge in [-0.1, -0.05) is 17.7 Å². The van der Waals surface area contributed by atoms with Crippen LogP contribution >= 0.6 is 11.6 Å². The number of hydrogen-bond acceptors (Lipinski definition) is 3. The predicted octanol–water partition coefficient (Wildman–Crippen LogP) is 2.74. The zero-order valence-electron chi connectivity index (χ0n) is 9.97. The molecule has 0 radical (unpaired) electrons. The van der Waals surface area contributed by atoms with Gasteiger partial charge in [0.05, 0.1) is 0 Å². The zero-order valence-corrected chi connectivity index (χ0v) is 10.7. The standard InChI is InChI=1S/C13H17ClN2O/c1-16-9-5-6-10(16)8-11(7-9)17-13-4-2-3-12(14)15-13/h2-4,9-11H,5-8H2,1H3/t9-,10+,11-. The van der Waals surface area contributed by atoms with Gasteiger partial charge in [0.25, 0.3) is 0 Å². The lowest BCUT2D eigenvalue weighted by Gasteiger charge is -2.36. The first-order chi connectivity index (χ1) is 8.22. The van der Waals surface area contributed by atoms with Crippen LogP contribution in [-0.4, -0.2) is 35.1 Å². The molecule has 3 rings (SSSR count). The Kier molecular flexibility index (Phi) is 2.97. The van der Waals surface area contributed by atoms with Crippen LogP contribution in [0.4, 0.5) is 0 Å². The average molecular weight is 253 g/mol. The number of pyridine rings is 1.